The van der Waals surface area contributed by atoms with Crippen molar-refractivity contribution in [3.05, 3.63) is 35.9 Å². The average Bonchev–Trinajstić information content (AvgIpc) is 2.94. The summed E-state index contributed by atoms with van der Waals surface area (Å²) in [7, 11) is 0. The Labute approximate surface area is 182 Å². The molecule has 1 fully saturated rings. The number of nitrogens with zero attached hydrogens (tertiary/aromatic N) is 1. The van der Waals surface area contributed by atoms with Crippen molar-refractivity contribution in [3.63, 3.8) is 0 Å². The van der Waals surface area contributed by atoms with Crippen molar-refractivity contribution in [1.29, 1.82) is 0 Å². The molecule has 1 aromatic rings. The van der Waals surface area contributed by atoms with Gasteiger partial charge >= 0.3 is 18.0 Å². The number of likely N-dealkylation sites (tertiary alicyclic amines) is 1. The van der Waals surface area contributed by atoms with Crippen molar-refractivity contribution in [2.75, 3.05) is 0 Å². The van der Waals surface area contributed by atoms with E-state index >= 15 is 0 Å². The third kappa shape index (κ3) is 7.38. The highest BCUT2D eigenvalue weighted by atomic mass is 16.6. The standard InChI is InChI=1S/C23H31NO7/c1-22(2,3)30-18(25)13-16-12-17(20(27)29-14-15-10-8-7-9-11-15)24(19(16)26)21(28)31-23(4,5)6/h7-11,16-17H,12-14H2,1-6H3/t16-,17-/m0/s1. The van der Waals surface area contributed by atoms with Crippen LogP contribution in [0.25, 0.3) is 0 Å². The molecule has 0 spiro atoms. The van der Waals surface area contributed by atoms with Crippen LogP contribution in [0, 0.1) is 5.92 Å². The summed E-state index contributed by atoms with van der Waals surface area (Å²) in [5, 5.41) is 0. The number of benzene rings is 1. The predicted octanol–water partition coefficient (Wildman–Crippen LogP) is 3.61. The van der Waals surface area contributed by atoms with Crippen LogP contribution < -0.4 is 0 Å². The fraction of sp³-hybridized carbons (Fsp3) is 0.565. The molecule has 2 rings (SSSR count). The predicted molar refractivity (Wildman–Crippen MR) is 112 cm³/mol. The summed E-state index contributed by atoms with van der Waals surface area (Å²) in [6.45, 7) is 10.1. The minimum atomic E-state index is -1.17. The van der Waals surface area contributed by atoms with Crippen molar-refractivity contribution in [3.8, 4) is 0 Å². The number of rotatable bonds is 5. The van der Waals surface area contributed by atoms with Gasteiger partial charge in [-0.2, -0.15) is 0 Å². The van der Waals surface area contributed by atoms with Gasteiger partial charge < -0.3 is 14.2 Å². The van der Waals surface area contributed by atoms with E-state index in [2.05, 4.69) is 0 Å². The minimum Gasteiger partial charge on any atom is -0.460 e. The molecule has 1 heterocycles. The smallest absolute Gasteiger partial charge is 0.417 e. The third-order valence-electron chi connectivity index (χ3n) is 4.33. The van der Waals surface area contributed by atoms with Gasteiger partial charge in [-0.15, -0.1) is 0 Å². The molecule has 0 bridgehead atoms. The van der Waals surface area contributed by atoms with Gasteiger partial charge in [0.25, 0.3) is 0 Å². The molecule has 1 aliphatic heterocycles. The van der Waals surface area contributed by atoms with Gasteiger partial charge in [0.1, 0.15) is 23.9 Å². The van der Waals surface area contributed by atoms with Crippen LogP contribution in [0.1, 0.15) is 59.9 Å². The normalized spacial score (nSPS) is 19.2. The average molecular weight is 434 g/mol. The van der Waals surface area contributed by atoms with E-state index < -0.39 is 47.1 Å². The molecule has 0 aromatic heterocycles. The van der Waals surface area contributed by atoms with Crippen LogP contribution in [0.3, 0.4) is 0 Å². The summed E-state index contributed by atoms with van der Waals surface area (Å²) in [5.41, 5.74) is -0.800. The fourth-order valence-electron chi connectivity index (χ4n) is 3.14. The second-order valence-corrected chi connectivity index (χ2v) is 9.52. The molecule has 8 heteroatoms. The zero-order chi connectivity index (χ0) is 23.4. The topological polar surface area (TPSA) is 99.2 Å². The van der Waals surface area contributed by atoms with Gasteiger partial charge in [-0.3, -0.25) is 9.59 Å². The molecule has 1 saturated heterocycles. The van der Waals surface area contributed by atoms with Crippen molar-refractivity contribution < 1.29 is 33.4 Å². The first-order valence-electron chi connectivity index (χ1n) is 10.3. The number of amides is 2. The lowest BCUT2D eigenvalue weighted by Gasteiger charge is -2.26. The van der Waals surface area contributed by atoms with Gasteiger partial charge in [0.15, 0.2) is 0 Å². The summed E-state index contributed by atoms with van der Waals surface area (Å²) in [6.07, 6.45) is -1.21. The number of carbonyl (C=O) groups excluding carboxylic acids is 4. The Morgan fingerprint density at radius 2 is 1.55 bits per heavy atom. The first-order chi connectivity index (χ1) is 14.3. The Morgan fingerprint density at radius 1 is 0.968 bits per heavy atom. The molecule has 1 aliphatic rings. The molecular weight excluding hydrogens is 402 g/mol. The number of imide groups is 1. The highest BCUT2D eigenvalue weighted by Crippen LogP contribution is 2.31. The zero-order valence-electron chi connectivity index (χ0n) is 19.0. The van der Waals surface area contributed by atoms with Gasteiger partial charge in [-0.25, -0.2) is 14.5 Å². The number of carbonyl (C=O) groups is 4. The van der Waals surface area contributed by atoms with Crippen molar-refractivity contribution in [2.24, 2.45) is 5.92 Å². The maximum absolute atomic E-state index is 12.9. The highest BCUT2D eigenvalue weighted by Gasteiger charge is 2.49. The van der Waals surface area contributed by atoms with Crippen LogP contribution in [0.4, 0.5) is 4.79 Å². The van der Waals surface area contributed by atoms with E-state index in [9.17, 15) is 19.2 Å². The summed E-state index contributed by atoms with van der Waals surface area (Å²) in [5.74, 6) is -2.83. The Kier molecular flexibility index (Phi) is 7.46. The Hall–Kier alpha value is -2.90. The molecule has 2 amide bonds. The number of ether oxygens (including phenoxy) is 3. The van der Waals surface area contributed by atoms with Crippen LogP contribution in [-0.2, 0) is 35.2 Å². The molecule has 0 unspecified atom stereocenters. The van der Waals surface area contributed by atoms with Gasteiger partial charge in [-0.05, 0) is 53.5 Å². The fourth-order valence-corrected chi connectivity index (χ4v) is 3.14. The number of hydrogen-bond donors (Lipinski definition) is 0. The summed E-state index contributed by atoms with van der Waals surface area (Å²) < 4.78 is 15.9. The number of hydrogen-bond acceptors (Lipinski definition) is 7. The first-order valence-corrected chi connectivity index (χ1v) is 10.3. The highest BCUT2D eigenvalue weighted by molar-refractivity contribution is 6.01. The van der Waals surface area contributed by atoms with Gasteiger partial charge in [0.2, 0.25) is 5.91 Å². The second kappa shape index (κ2) is 9.49. The molecule has 0 N–H and O–H groups in total. The number of esters is 2. The maximum Gasteiger partial charge on any atom is 0.417 e. The van der Waals surface area contributed by atoms with Crippen LogP contribution >= 0.6 is 0 Å². The Bertz CT molecular complexity index is 821. The molecule has 31 heavy (non-hydrogen) atoms. The lowest BCUT2D eigenvalue weighted by atomic mass is 10.0. The van der Waals surface area contributed by atoms with Crippen molar-refractivity contribution in [1.82, 2.24) is 4.90 Å². The molecular formula is C23H31NO7. The molecule has 0 radical (unpaired) electrons. The SMILES string of the molecule is CC(C)(C)OC(=O)C[C@@H]1C[C@@H](C(=O)OCc2ccccc2)N(C(=O)OC(C)(C)C)C1=O. The van der Waals surface area contributed by atoms with Crippen LogP contribution in [0.2, 0.25) is 0 Å². The summed E-state index contributed by atoms with van der Waals surface area (Å²) >= 11 is 0. The molecule has 2 atom stereocenters. The van der Waals surface area contributed by atoms with E-state index in [1.54, 1.807) is 53.7 Å². The molecule has 8 nitrogen and oxygen atoms in total. The largest absolute Gasteiger partial charge is 0.460 e. The van der Waals surface area contributed by atoms with E-state index in [-0.39, 0.29) is 19.4 Å². The molecule has 0 aliphatic carbocycles. The lowest BCUT2D eigenvalue weighted by Crippen LogP contribution is -2.46. The van der Waals surface area contributed by atoms with Crippen LogP contribution in [0.15, 0.2) is 30.3 Å². The molecule has 1 aromatic carbocycles. The molecule has 170 valence electrons. The van der Waals surface area contributed by atoms with E-state index in [1.807, 2.05) is 18.2 Å². The maximum atomic E-state index is 12.9. The zero-order valence-corrected chi connectivity index (χ0v) is 19.0. The first kappa shape index (κ1) is 24.4. The summed E-state index contributed by atoms with van der Waals surface area (Å²) in [4.78, 5) is 51.4. The lowest BCUT2D eigenvalue weighted by molar-refractivity contribution is -0.157. The van der Waals surface area contributed by atoms with E-state index in [0.29, 0.717) is 0 Å². The van der Waals surface area contributed by atoms with Gasteiger partial charge in [0.05, 0.1) is 12.3 Å². The Balaban J connectivity index is 2.16. The quantitative estimate of drug-likeness (QED) is 0.516. The second-order valence-electron chi connectivity index (χ2n) is 9.52. The van der Waals surface area contributed by atoms with E-state index in [0.717, 1.165) is 10.5 Å². The van der Waals surface area contributed by atoms with Crippen LogP contribution in [-0.4, -0.2) is 46.1 Å². The van der Waals surface area contributed by atoms with E-state index in [4.69, 9.17) is 14.2 Å². The minimum absolute atomic E-state index is 0.00323. The molecule has 0 saturated carbocycles. The monoisotopic (exact) mass is 433 g/mol. The summed E-state index contributed by atoms with van der Waals surface area (Å²) in [6, 6.07) is 7.89. The van der Waals surface area contributed by atoms with Gasteiger partial charge in [-0.1, -0.05) is 30.3 Å². The third-order valence-corrected chi connectivity index (χ3v) is 4.33. The van der Waals surface area contributed by atoms with Crippen LogP contribution in [0.5, 0.6) is 0 Å². The Morgan fingerprint density at radius 3 is 2.10 bits per heavy atom. The van der Waals surface area contributed by atoms with Crippen molar-refractivity contribution in [2.45, 2.75) is 78.2 Å². The van der Waals surface area contributed by atoms with Gasteiger partial charge in [0, 0.05) is 0 Å². The van der Waals surface area contributed by atoms with Crippen molar-refractivity contribution >= 4 is 23.9 Å². The van der Waals surface area contributed by atoms with E-state index in [1.165, 1.54) is 0 Å².